The molecule has 6 nitrogen and oxygen atoms in total. The Kier molecular flexibility index (Phi) is 6.52. The molecule has 1 aromatic heterocycles. The second-order valence-electron chi connectivity index (χ2n) is 7.34. The van der Waals surface area contributed by atoms with Gasteiger partial charge in [-0.15, -0.1) is 0 Å². The largest absolute Gasteiger partial charge is 0.478 e. The van der Waals surface area contributed by atoms with E-state index in [1.165, 1.54) is 23.4 Å². The summed E-state index contributed by atoms with van der Waals surface area (Å²) in [6.07, 6.45) is 4.83. The molecule has 0 radical (unpaired) electrons. The van der Waals surface area contributed by atoms with Gasteiger partial charge in [-0.3, -0.25) is 0 Å². The number of alkyl carbamates (subject to hydrolysis) is 1. The molecule has 7 heteroatoms. The lowest BCUT2D eigenvalue weighted by Crippen LogP contribution is -2.26. The van der Waals surface area contributed by atoms with Gasteiger partial charge in [-0.1, -0.05) is 72.3 Å². The summed E-state index contributed by atoms with van der Waals surface area (Å²) in [5, 5.41) is 12.1. The minimum Gasteiger partial charge on any atom is -0.478 e. The van der Waals surface area contributed by atoms with E-state index in [1.54, 1.807) is 12.2 Å². The van der Waals surface area contributed by atoms with E-state index in [1.807, 2.05) is 24.3 Å². The van der Waals surface area contributed by atoms with E-state index >= 15 is 0 Å². The minimum atomic E-state index is -1.08. The molecule has 0 bridgehead atoms. The number of nitrogens with zero attached hydrogens (tertiary/aromatic N) is 1. The predicted molar refractivity (Wildman–Crippen MR) is 123 cm³/mol. The number of carboxylic acids is 1. The number of pyridine rings is 1. The lowest BCUT2D eigenvalue weighted by atomic mass is 9.98. The molecule has 32 heavy (non-hydrogen) atoms. The fourth-order valence-electron chi connectivity index (χ4n) is 3.88. The molecule has 4 rings (SSSR count). The van der Waals surface area contributed by atoms with E-state index in [-0.39, 0.29) is 23.2 Å². The number of benzene rings is 2. The molecule has 2 N–H and O–H groups in total. The molecule has 162 valence electrons. The van der Waals surface area contributed by atoms with Crippen LogP contribution in [0.1, 0.15) is 39.4 Å². The Balaban J connectivity index is 1.29. The van der Waals surface area contributed by atoms with Gasteiger partial charge in [0.25, 0.3) is 0 Å². The maximum absolute atomic E-state index is 12.2. The fourth-order valence-corrected chi connectivity index (χ4v) is 4.03. The summed E-state index contributed by atoms with van der Waals surface area (Å²) < 4.78 is 5.49. The van der Waals surface area contributed by atoms with E-state index in [2.05, 4.69) is 34.6 Å². The first kappa shape index (κ1) is 21.6. The first-order chi connectivity index (χ1) is 15.5. The highest BCUT2D eigenvalue weighted by Gasteiger charge is 2.28. The molecule has 1 aliphatic rings. The average molecular weight is 449 g/mol. The number of aromatic nitrogens is 1. The monoisotopic (exact) mass is 448 g/mol. The van der Waals surface area contributed by atoms with E-state index in [4.69, 9.17) is 16.3 Å². The topological polar surface area (TPSA) is 88.5 Å². The minimum absolute atomic E-state index is 0.0138. The summed E-state index contributed by atoms with van der Waals surface area (Å²) in [6, 6.07) is 17.6. The third-order valence-corrected chi connectivity index (χ3v) is 5.56. The molecule has 0 unspecified atom stereocenters. The quantitative estimate of drug-likeness (QED) is 0.374. The van der Waals surface area contributed by atoms with Gasteiger partial charge in [-0.25, -0.2) is 14.6 Å². The average Bonchev–Trinajstić information content (AvgIpc) is 3.12. The van der Waals surface area contributed by atoms with Crippen LogP contribution in [0.4, 0.5) is 4.79 Å². The Morgan fingerprint density at radius 1 is 1.09 bits per heavy atom. The number of amides is 1. The van der Waals surface area contributed by atoms with Crippen molar-refractivity contribution in [2.45, 2.75) is 12.3 Å². The number of fused-ring (bicyclic) bond motifs is 3. The van der Waals surface area contributed by atoms with E-state index in [9.17, 15) is 14.7 Å². The molecule has 1 aliphatic carbocycles. The van der Waals surface area contributed by atoms with E-state index in [0.29, 0.717) is 18.5 Å². The molecule has 0 aliphatic heterocycles. The maximum Gasteiger partial charge on any atom is 0.407 e. The van der Waals surface area contributed by atoms with Crippen LogP contribution in [0.3, 0.4) is 0 Å². The highest BCUT2D eigenvalue weighted by molar-refractivity contribution is 6.29. The van der Waals surface area contributed by atoms with E-state index in [0.717, 1.165) is 11.1 Å². The van der Waals surface area contributed by atoms with Crippen molar-refractivity contribution < 1.29 is 19.4 Å². The van der Waals surface area contributed by atoms with Crippen molar-refractivity contribution >= 4 is 29.7 Å². The Morgan fingerprint density at radius 3 is 2.41 bits per heavy atom. The zero-order valence-electron chi connectivity index (χ0n) is 17.1. The van der Waals surface area contributed by atoms with Gasteiger partial charge in [-0.05, 0) is 34.7 Å². The third-order valence-electron chi connectivity index (χ3n) is 5.35. The lowest BCUT2D eigenvalue weighted by Gasteiger charge is -2.14. The smallest absolute Gasteiger partial charge is 0.407 e. The van der Waals surface area contributed by atoms with Crippen LogP contribution in [0.2, 0.25) is 5.15 Å². The van der Waals surface area contributed by atoms with Crippen LogP contribution in [0.15, 0.2) is 66.9 Å². The number of halogens is 1. The zero-order valence-corrected chi connectivity index (χ0v) is 17.9. The van der Waals surface area contributed by atoms with Crippen molar-refractivity contribution in [3.05, 3.63) is 94.3 Å². The SMILES string of the molecule is O=C(NCCC=Cc1cnc(Cl)cc1C(=O)O)OCC1c2ccccc2-c2ccccc21. The molecule has 0 fully saturated rings. The van der Waals surface area contributed by atoms with Gasteiger partial charge < -0.3 is 15.2 Å². The molecule has 3 aromatic rings. The molecule has 0 atom stereocenters. The normalized spacial score (nSPS) is 12.4. The molecule has 1 amide bonds. The Morgan fingerprint density at radius 2 is 1.75 bits per heavy atom. The summed E-state index contributed by atoms with van der Waals surface area (Å²) in [5.41, 5.74) is 5.21. The third kappa shape index (κ3) is 4.65. The number of nitrogens with one attached hydrogen (secondary N) is 1. The van der Waals surface area contributed by atoms with Gasteiger partial charge in [0.2, 0.25) is 0 Å². The number of rotatable bonds is 7. The van der Waals surface area contributed by atoms with Crippen LogP contribution in [-0.4, -0.2) is 35.3 Å². The van der Waals surface area contributed by atoms with Crippen LogP contribution >= 0.6 is 11.6 Å². The number of hydrogen-bond acceptors (Lipinski definition) is 4. The molecule has 0 spiro atoms. The van der Waals surface area contributed by atoms with Crippen molar-refractivity contribution in [1.29, 1.82) is 0 Å². The van der Waals surface area contributed by atoms with Crippen LogP contribution < -0.4 is 5.32 Å². The second-order valence-corrected chi connectivity index (χ2v) is 7.73. The van der Waals surface area contributed by atoms with Crippen molar-refractivity contribution in [2.75, 3.05) is 13.2 Å². The van der Waals surface area contributed by atoms with Crippen molar-refractivity contribution in [3.63, 3.8) is 0 Å². The summed E-state index contributed by atoms with van der Waals surface area (Å²) >= 11 is 5.75. The summed E-state index contributed by atoms with van der Waals surface area (Å²) in [4.78, 5) is 27.4. The summed E-state index contributed by atoms with van der Waals surface area (Å²) in [7, 11) is 0. The maximum atomic E-state index is 12.2. The summed E-state index contributed by atoms with van der Waals surface area (Å²) in [6.45, 7) is 0.616. The number of aromatic carboxylic acids is 1. The first-order valence-electron chi connectivity index (χ1n) is 10.2. The number of hydrogen-bond donors (Lipinski definition) is 2. The molecule has 2 aromatic carbocycles. The van der Waals surface area contributed by atoms with Crippen molar-refractivity contribution in [1.82, 2.24) is 10.3 Å². The molecular weight excluding hydrogens is 428 g/mol. The number of ether oxygens (including phenoxy) is 1. The van der Waals surface area contributed by atoms with Crippen LogP contribution in [0.25, 0.3) is 17.2 Å². The van der Waals surface area contributed by atoms with Crippen LogP contribution in [0, 0.1) is 0 Å². The highest BCUT2D eigenvalue weighted by Crippen LogP contribution is 2.44. The molecule has 0 saturated heterocycles. The van der Waals surface area contributed by atoms with Gasteiger partial charge in [-0.2, -0.15) is 0 Å². The number of carboxylic acid groups (broad SMARTS) is 1. The Bertz CT molecular complexity index is 1150. The van der Waals surface area contributed by atoms with Crippen LogP contribution in [0.5, 0.6) is 0 Å². The highest BCUT2D eigenvalue weighted by atomic mass is 35.5. The Labute approximate surface area is 190 Å². The van der Waals surface area contributed by atoms with Gasteiger partial charge in [0.1, 0.15) is 11.8 Å². The Hall–Kier alpha value is -3.64. The standard InChI is InChI=1S/C25H21ClN2O4/c26-23-13-21(24(29)30)16(14-28-23)7-5-6-12-27-25(31)32-15-22-19-10-3-1-8-17(19)18-9-2-4-11-20(18)22/h1-5,7-11,13-14,22H,6,12,15H2,(H,27,31)(H,29,30). The fraction of sp³-hybridized carbons (Fsp3) is 0.160. The van der Waals surface area contributed by atoms with Crippen molar-refractivity contribution in [2.24, 2.45) is 0 Å². The zero-order chi connectivity index (χ0) is 22.5. The van der Waals surface area contributed by atoms with Gasteiger partial charge >= 0.3 is 12.1 Å². The summed E-state index contributed by atoms with van der Waals surface area (Å²) in [5.74, 6) is -1.06. The number of carbonyl (C=O) groups is 2. The first-order valence-corrected chi connectivity index (χ1v) is 10.6. The predicted octanol–water partition coefficient (Wildman–Crippen LogP) is 5.38. The van der Waals surface area contributed by atoms with Crippen molar-refractivity contribution in [3.8, 4) is 11.1 Å². The van der Waals surface area contributed by atoms with Gasteiger partial charge in [0.05, 0.1) is 5.56 Å². The number of carbonyl (C=O) groups excluding carboxylic acids is 1. The lowest BCUT2D eigenvalue weighted by molar-refractivity contribution is 0.0696. The molecule has 0 saturated carbocycles. The molecule has 1 heterocycles. The van der Waals surface area contributed by atoms with Gasteiger partial charge in [0, 0.05) is 24.2 Å². The van der Waals surface area contributed by atoms with Gasteiger partial charge in [0.15, 0.2) is 0 Å². The second kappa shape index (κ2) is 9.66. The molecular formula is C25H21ClN2O4. The van der Waals surface area contributed by atoms with Crippen LogP contribution in [-0.2, 0) is 4.74 Å². The van der Waals surface area contributed by atoms with E-state index < -0.39 is 12.1 Å².